The van der Waals surface area contributed by atoms with E-state index in [1.54, 1.807) is 6.20 Å². The van der Waals surface area contributed by atoms with Crippen LogP contribution in [-0.4, -0.2) is 67.1 Å². The molecule has 2 aliphatic rings. The lowest BCUT2D eigenvalue weighted by Crippen LogP contribution is -2.44. The molecule has 4 heterocycles. The lowest BCUT2D eigenvalue weighted by atomic mass is 9.95. The highest BCUT2D eigenvalue weighted by molar-refractivity contribution is 5.92. The van der Waals surface area contributed by atoms with Gasteiger partial charge in [-0.3, -0.25) is 9.78 Å². The summed E-state index contributed by atoms with van der Waals surface area (Å²) in [6, 6.07) is 6.08. The van der Waals surface area contributed by atoms with Crippen molar-refractivity contribution in [3.8, 4) is 0 Å². The molecule has 2 fully saturated rings. The molecule has 2 aliphatic heterocycles. The molecule has 4 rings (SSSR count). The van der Waals surface area contributed by atoms with E-state index in [9.17, 15) is 4.79 Å². The number of hydrogen-bond acceptors (Lipinski definition) is 6. The van der Waals surface area contributed by atoms with Crippen molar-refractivity contribution in [3.63, 3.8) is 0 Å². The molecule has 0 atom stereocenters. The first-order valence-corrected chi connectivity index (χ1v) is 10.5. The van der Waals surface area contributed by atoms with Crippen LogP contribution in [0.15, 0.2) is 36.8 Å². The number of nitrogens with one attached hydrogen (secondary N) is 1. The molecule has 2 aromatic heterocycles. The molecule has 154 valence electrons. The second kappa shape index (κ2) is 8.78. The van der Waals surface area contributed by atoms with Gasteiger partial charge in [0.25, 0.3) is 0 Å². The van der Waals surface area contributed by atoms with Gasteiger partial charge in [0.1, 0.15) is 5.82 Å². The molecule has 7 heteroatoms. The molecule has 1 amide bonds. The Morgan fingerprint density at radius 1 is 1.03 bits per heavy atom. The van der Waals surface area contributed by atoms with Gasteiger partial charge in [0.15, 0.2) is 0 Å². The average molecular weight is 395 g/mol. The van der Waals surface area contributed by atoms with Crippen LogP contribution in [0.1, 0.15) is 18.4 Å². The lowest BCUT2D eigenvalue weighted by Gasteiger charge is -2.34. The Labute approximate surface area is 172 Å². The monoisotopic (exact) mass is 394 g/mol. The van der Waals surface area contributed by atoms with Gasteiger partial charge in [-0.15, -0.1) is 0 Å². The number of carbonyl (C=O) groups is 1. The predicted molar refractivity (Wildman–Crippen MR) is 116 cm³/mol. The summed E-state index contributed by atoms with van der Waals surface area (Å²) in [5.74, 6) is 0.764. The minimum absolute atomic E-state index is 0.0301. The van der Waals surface area contributed by atoms with Crippen LogP contribution in [0.3, 0.4) is 0 Å². The molecule has 0 bridgehead atoms. The standard InChI is InChI=1S/C22H30N6O/c1-17-16-23-7-4-20(17)28-9-5-18(6-10-28)22(29)25-21-15-19(3-8-24-21)27-13-11-26(2)12-14-27/h3-4,7-8,15-16,18H,5-6,9-14H2,1-2H3,(H,24,25,29). The fraction of sp³-hybridized carbons (Fsp3) is 0.500. The highest BCUT2D eigenvalue weighted by Crippen LogP contribution is 2.26. The number of anilines is 3. The molecule has 2 aromatic rings. The summed E-state index contributed by atoms with van der Waals surface area (Å²) < 4.78 is 0. The molecule has 29 heavy (non-hydrogen) atoms. The number of aryl methyl sites for hydroxylation is 1. The number of hydrogen-bond donors (Lipinski definition) is 1. The zero-order valence-electron chi connectivity index (χ0n) is 17.3. The first-order chi connectivity index (χ1) is 14.1. The number of piperazine rings is 1. The van der Waals surface area contributed by atoms with Gasteiger partial charge in [0.2, 0.25) is 5.91 Å². The summed E-state index contributed by atoms with van der Waals surface area (Å²) in [5.41, 5.74) is 3.53. The average Bonchev–Trinajstić information content (AvgIpc) is 2.75. The zero-order chi connectivity index (χ0) is 20.2. The maximum Gasteiger partial charge on any atom is 0.228 e. The van der Waals surface area contributed by atoms with Crippen molar-refractivity contribution in [2.45, 2.75) is 19.8 Å². The number of piperidine rings is 1. The van der Waals surface area contributed by atoms with Gasteiger partial charge in [-0.2, -0.15) is 0 Å². The number of aromatic nitrogens is 2. The topological polar surface area (TPSA) is 64.6 Å². The van der Waals surface area contributed by atoms with Crippen LogP contribution < -0.4 is 15.1 Å². The summed E-state index contributed by atoms with van der Waals surface area (Å²) in [7, 11) is 2.15. The highest BCUT2D eigenvalue weighted by Gasteiger charge is 2.26. The third-order valence-electron chi connectivity index (χ3n) is 6.06. The maximum atomic E-state index is 12.8. The van der Waals surface area contributed by atoms with Gasteiger partial charge in [0.05, 0.1) is 0 Å². The maximum absolute atomic E-state index is 12.8. The first-order valence-electron chi connectivity index (χ1n) is 10.5. The van der Waals surface area contributed by atoms with E-state index in [4.69, 9.17) is 0 Å². The minimum Gasteiger partial charge on any atom is -0.371 e. The third-order valence-corrected chi connectivity index (χ3v) is 6.06. The van der Waals surface area contributed by atoms with Gasteiger partial charge in [-0.1, -0.05) is 0 Å². The number of rotatable bonds is 4. The van der Waals surface area contributed by atoms with Crippen molar-refractivity contribution in [2.75, 3.05) is 61.4 Å². The second-order valence-corrected chi connectivity index (χ2v) is 8.10. The van der Waals surface area contributed by atoms with Crippen LogP contribution in [0.2, 0.25) is 0 Å². The van der Waals surface area contributed by atoms with E-state index >= 15 is 0 Å². The fourth-order valence-electron chi connectivity index (χ4n) is 4.18. The van der Waals surface area contributed by atoms with Gasteiger partial charge < -0.3 is 20.0 Å². The number of likely N-dealkylation sites (N-methyl/N-ethyl adjacent to an activating group) is 1. The van der Waals surface area contributed by atoms with Crippen molar-refractivity contribution in [1.29, 1.82) is 0 Å². The van der Waals surface area contributed by atoms with Crippen LogP contribution in [-0.2, 0) is 4.79 Å². The van der Waals surface area contributed by atoms with Crippen molar-refractivity contribution >= 4 is 23.1 Å². The Balaban J connectivity index is 1.33. The Bertz CT molecular complexity index is 841. The molecule has 0 spiro atoms. The van der Waals surface area contributed by atoms with E-state index < -0.39 is 0 Å². The fourth-order valence-corrected chi connectivity index (χ4v) is 4.18. The van der Waals surface area contributed by atoms with Crippen molar-refractivity contribution in [3.05, 3.63) is 42.4 Å². The summed E-state index contributed by atoms with van der Waals surface area (Å²) in [6.07, 6.45) is 7.23. The first kappa shape index (κ1) is 19.6. The molecular weight excluding hydrogens is 364 g/mol. The molecule has 2 saturated heterocycles. The number of carbonyl (C=O) groups excluding carboxylic acids is 1. The summed E-state index contributed by atoms with van der Waals surface area (Å²) in [6.45, 7) is 7.97. The molecule has 0 unspecified atom stereocenters. The predicted octanol–water partition coefficient (Wildman–Crippen LogP) is 2.39. The van der Waals surface area contributed by atoms with Crippen molar-refractivity contribution in [2.24, 2.45) is 5.92 Å². The summed E-state index contributed by atoms with van der Waals surface area (Å²) in [5, 5.41) is 3.05. The largest absolute Gasteiger partial charge is 0.371 e. The Hall–Kier alpha value is -2.67. The Morgan fingerprint density at radius 2 is 1.79 bits per heavy atom. The lowest BCUT2D eigenvalue weighted by molar-refractivity contribution is -0.120. The quantitative estimate of drug-likeness (QED) is 0.859. The van der Waals surface area contributed by atoms with Crippen LogP contribution in [0.25, 0.3) is 0 Å². The Morgan fingerprint density at radius 3 is 2.52 bits per heavy atom. The molecule has 7 nitrogen and oxygen atoms in total. The molecule has 1 N–H and O–H groups in total. The van der Waals surface area contributed by atoms with Gasteiger partial charge in [0, 0.05) is 81.2 Å². The van der Waals surface area contributed by atoms with Crippen molar-refractivity contribution < 1.29 is 4.79 Å². The van der Waals surface area contributed by atoms with E-state index in [0.29, 0.717) is 5.82 Å². The van der Waals surface area contributed by atoms with Gasteiger partial charge >= 0.3 is 0 Å². The molecule has 0 aromatic carbocycles. The molecule has 0 saturated carbocycles. The minimum atomic E-state index is 0.0301. The Kier molecular flexibility index (Phi) is 5.94. The SMILES string of the molecule is Cc1cnccc1N1CCC(C(=O)Nc2cc(N3CCN(C)CC3)ccn2)CC1. The molecular formula is C22H30N6O. The number of amides is 1. The third kappa shape index (κ3) is 4.67. The van der Waals surface area contributed by atoms with Crippen LogP contribution in [0.4, 0.5) is 17.2 Å². The van der Waals surface area contributed by atoms with E-state index in [1.165, 1.54) is 11.3 Å². The number of nitrogens with zero attached hydrogens (tertiary/aromatic N) is 5. The van der Waals surface area contributed by atoms with Crippen LogP contribution in [0, 0.1) is 12.8 Å². The number of pyridine rings is 2. The summed E-state index contributed by atoms with van der Waals surface area (Å²) >= 11 is 0. The van der Waals surface area contributed by atoms with Crippen LogP contribution in [0.5, 0.6) is 0 Å². The van der Waals surface area contributed by atoms with Gasteiger partial charge in [-0.05, 0) is 44.5 Å². The van der Waals surface area contributed by atoms with E-state index in [-0.39, 0.29) is 11.8 Å². The van der Waals surface area contributed by atoms with Crippen LogP contribution >= 0.6 is 0 Å². The van der Waals surface area contributed by atoms with Crippen molar-refractivity contribution in [1.82, 2.24) is 14.9 Å². The second-order valence-electron chi connectivity index (χ2n) is 8.10. The smallest absolute Gasteiger partial charge is 0.228 e. The normalized spacial score (nSPS) is 18.7. The highest BCUT2D eigenvalue weighted by atomic mass is 16.1. The van der Waals surface area contributed by atoms with E-state index in [0.717, 1.165) is 57.8 Å². The zero-order valence-corrected chi connectivity index (χ0v) is 17.3. The molecule has 0 radical (unpaired) electrons. The van der Waals surface area contributed by atoms with E-state index in [1.807, 2.05) is 24.5 Å². The summed E-state index contributed by atoms with van der Waals surface area (Å²) in [4.78, 5) is 28.4. The van der Waals surface area contributed by atoms with E-state index in [2.05, 4.69) is 50.0 Å². The molecule has 0 aliphatic carbocycles. The van der Waals surface area contributed by atoms with Gasteiger partial charge in [-0.25, -0.2) is 4.98 Å².